The van der Waals surface area contributed by atoms with E-state index in [2.05, 4.69) is 4.90 Å². The number of likely N-dealkylation sites (tertiary alicyclic amines) is 1. The number of pyridine rings is 1. The molecule has 4 atom stereocenters. The minimum atomic E-state index is -0.170. The van der Waals surface area contributed by atoms with Crippen molar-refractivity contribution in [1.29, 1.82) is 0 Å². The fraction of sp³-hybridized carbons (Fsp3) is 0.760. The number of amides is 1. The molecule has 1 saturated carbocycles. The van der Waals surface area contributed by atoms with Gasteiger partial charge in [-0.05, 0) is 62.1 Å². The van der Waals surface area contributed by atoms with Crippen LogP contribution in [0.15, 0.2) is 23.1 Å². The highest BCUT2D eigenvalue weighted by Gasteiger charge is 2.48. The Bertz CT molecular complexity index is 828. The zero-order chi connectivity index (χ0) is 20.7. The highest BCUT2D eigenvalue weighted by atomic mass is 16.2. The normalized spacial score (nSPS) is 32.6. The summed E-state index contributed by atoms with van der Waals surface area (Å²) in [7, 11) is 1.73. The van der Waals surface area contributed by atoms with E-state index < -0.39 is 0 Å². The number of aromatic nitrogens is 1. The second kappa shape index (κ2) is 8.49. The maximum Gasteiger partial charge on any atom is 0.263 e. The third-order valence-electron chi connectivity index (χ3n) is 8.56. The van der Waals surface area contributed by atoms with E-state index in [9.17, 15) is 9.59 Å². The second-order valence-corrected chi connectivity index (χ2v) is 10.4. The van der Waals surface area contributed by atoms with Crippen molar-refractivity contribution < 1.29 is 4.79 Å². The summed E-state index contributed by atoms with van der Waals surface area (Å²) in [5, 5.41) is 0. The predicted octanol–water partition coefficient (Wildman–Crippen LogP) is 3.67. The van der Waals surface area contributed by atoms with Crippen LogP contribution in [-0.2, 0) is 7.05 Å². The SMILES string of the molecule is Cn1cccc(C(=O)N2C[C@H]3C[C@@H](C2)[C@H](CC2CCCCC2)N2CCCC[C@@H]32)c1=O. The Kier molecular flexibility index (Phi) is 5.74. The summed E-state index contributed by atoms with van der Waals surface area (Å²) >= 11 is 0. The van der Waals surface area contributed by atoms with Crippen LogP contribution in [0.25, 0.3) is 0 Å². The highest BCUT2D eigenvalue weighted by molar-refractivity contribution is 5.94. The number of carbonyl (C=O) groups is 1. The lowest BCUT2D eigenvalue weighted by Crippen LogP contribution is -2.64. The van der Waals surface area contributed by atoms with Gasteiger partial charge in [0.15, 0.2) is 0 Å². The molecule has 30 heavy (non-hydrogen) atoms. The number of nitrogens with zero attached hydrogens (tertiary/aromatic N) is 3. The lowest BCUT2D eigenvalue weighted by molar-refractivity contribution is -0.0725. The molecule has 1 amide bonds. The van der Waals surface area contributed by atoms with Gasteiger partial charge in [-0.1, -0.05) is 38.5 Å². The molecule has 0 N–H and O–H groups in total. The third-order valence-corrected chi connectivity index (χ3v) is 8.56. The molecular formula is C25H37N3O2. The van der Waals surface area contributed by atoms with Crippen molar-refractivity contribution >= 4 is 5.91 Å². The van der Waals surface area contributed by atoms with Crippen LogP contribution in [0, 0.1) is 17.8 Å². The average molecular weight is 412 g/mol. The van der Waals surface area contributed by atoms with Crippen LogP contribution in [0.1, 0.15) is 74.6 Å². The van der Waals surface area contributed by atoms with Crippen LogP contribution in [0.4, 0.5) is 0 Å². The van der Waals surface area contributed by atoms with Gasteiger partial charge in [0.1, 0.15) is 5.56 Å². The Morgan fingerprint density at radius 3 is 2.63 bits per heavy atom. The summed E-state index contributed by atoms with van der Waals surface area (Å²) in [5.74, 6) is 1.96. The van der Waals surface area contributed by atoms with Gasteiger partial charge in [-0.2, -0.15) is 0 Å². The summed E-state index contributed by atoms with van der Waals surface area (Å²) in [5.41, 5.74) is 0.167. The Hall–Kier alpha value is -1.62. The summed E-state index contributed by atoms with van der Waals surface area (Å²) < 4.78 is 1.52. The quantitative estimate of drug-likeness (QED) is 0.762. The van der Waals surface area contributed by atoms with E-state index in [1.165, 1.54) is 75.3 Å². The van der Waals surface area contributed by atoms with Crippen molar-refractivity contribution in [2.24, 2.45) is 24.8 Å². The van der Waals surface area contributed by atoms with Crippen LogP contribution >= 0.6 is 0 Å². The zero-order valence-corrected chi connectivity index (χ0v) is 18.5. The lowest BCUT2D eigenvalue weighted by atomic mass is 9.69. The first-order valence-electron chi connectivity index (χ1n) is 12.3. The average Bonchev–Trinajstić information content (AvgIpc) is 2.78. The van der Waals surface area contributed by atoms with Crippen molar-refractivity contribution in [2.75, 3.05) is 19.6 Å². The van der Waals surface area contributed by atoms with Gasteiger partial charge in [0.25, 0.3) is 11.5 Å². The molecule has 5 rings (SSSR count). The van der Waals surface area contributed by atoms with Gasteiger partial charge in [-0.15, -0.1) is 0 Å². The Morgan fingerprint density at radius 1 is 1.03 bits per heavy atom. The first-order chi connectivity index (χ1) is 14.6. The van der Waals surface area contributed by atoms with Crippen molar-refractivity contribution in [3.63, 3.8) is 0 Å². The zero-order valence-electron chi connectivity index (χ0n) is 18.5. The van der Waals surface area contributed by atoms with Crippen LogP contribution < -0.4 is 5.56 Å². The maximum absolute atomic E-state index is 13.4. The predicted molar refractivity (Wildman–Crippen MR) is 119 cm³/mol. The van der Waals surface area contributed by atoms with Crippen LogP contribution in [0.3, 0.4) is 0 Å². The van der Waals surface area contributed by atoms with Gasteiger partial charge in [0.05, 0.1) is 0 Å². The molecular weight excluding hydrogens is 374 g/mol. The molecule has 4 aliphatic rings. The summed E-state index contributed by atoms with van der Waals surface area (Å²) in [6.45, 7) is 2.90. The molecule has 1 aromatic rings. The number of hydrogen-bond donors (Lipinski definition) is 0. The molecule has 0 spiro atoms. The van der Waals surface area contributed by atoms with Crippen LogP contribution in [-0.4, -0.2) is 52.0 Å². The van der Waals surface area contributed by atoms with Gasteiger partial charge in [-0.3, -0.25) is 14.5 Å². The molecule has 0 aromatic carbocycles. The minimum absolute atomic E-state index is 0.0495. The van der Waals surface area contributed by atoms with Gasteiger partial charge in [0.2, 0.25) is 0 Å². The van der Waals surface area contributed by atoms with Gasteiger partial charge < -0.3 is 9.47 Å². The van der Waals surface area contributed by atoms with Crippen molar-refractivity contribution in [1.82, 2.24) is 14.4 Å². The number of carbonyl (C=O) groups excluding carboxylic acids is 1. The highest BCUT2D eigenvalue weighted by Crippen LogP contribution is 2.44. The maximum atomic E-state index is 13.4. The van der Waals surface area contributed by atoms with Gasteiger partial charge >= 0.3 is 0 Å². The first kappa shape index (κ1) is 20.3. The molecule has 3 saturated heterocycles. The molecule has 0 unspecified atom stereocenters. The molecule has 3 aliphatic heterocycles. The lowest BCUT2D eigenvalue weighted by Gasteiger charge is -2.57. The standard InChI is InChI=1S/C25H37N3O2/c1-26-12-7-10-21(24(26)29)25(30)27-16-19-15-20(17-27)23(14-18-8-3-2-4-9-18)28-13-6-5-11-22(19)28/h7,10,12,18-20,22-23H,2-6,8-9,11,13-17H2,1H3/t19-,20+,22+,23+/m1/s1. The Balaban J connectivity index is 1.39. The van der Waals surface area contributed by atoms with E-state index in [-0.39, 0.29) is 11.5 Å². The molecule has 5 heteroatoms. The van der Waals surface area contributed by atoms with Crippen molar-refractivity contribution in [2.45, 2.75) is 76.3 Å². The van der Waals surface area contributed by atoms with E-state index >= 15 is 0 Å². The second-order valence-electron chi connectivity index (χ2n) is 10.4. The summed E-state index contributed by atoms with van der Waals surface area (Å²) in [6.07, 6.45) is 15.3. The van der Waals surface area contributed by atoms with Crippen molar-refractivity contribution in [3.8, 4) is 0 Å². The molecule has 5 nitrogen and oxygen atoms in total. The molecule has 2 bridgehead atoms. The van der Waals surface area contributed by atoms with E-state index in [1.54, 1.807) is 19.3 Å². The van der Waals surface area contributed by atoms with E-state index in [4.69, 9.17) is 0 Å². The number of aryl methyl sites for hydroxylation is 1. The number of fused-ring (bicyclic) bond motifs is 4. The smallest absolute Gasteiger partial charge is 0.263 e. The van der Waals surface area contributed by atoms with Crippen LogP contribution in [0.5, 0.6) is 0 Å². The van der Waals surface area contributed by atoms with Crippen LogP contribution in [0.2, 0.25) is 0 Å². The summed E-state index contributed by atoms with van der Waals surface area (Å²) in [4.78, 5) is 30.8. The van der Waals surface area contributed by atoms with E-state index in [1.807, 2.05) is 11.0 Å². The minimum Gasteiger partial charge on any atom is -0.338 e. The molecule has 4 fully saturated rings. The molecule has 0 radical (unpaired) electrons. The largest absolute Gasteiger partial charge is 0.338 e. The third kappa shape index (κ3) is 3.74. The fourth-order valence-electron chi connectivity index (χ4n) is 7.09. The van der Waals surface area contributed by atoms with Gasteiger partial charge in [-0.25, -0.2) is 0 Å². The molecule has 164 valence electrons. The molecule has 1 aliphatic carbocycles. The Morgan fingerprint density at radius 2 is 1.80 bits per heavy atom. The summed E-state index contributed by atoms with van der Waals surface area (Å²) in [6, 6.07) is 4.79. The first-order valence-corrected chi connectivity index (χ1v) is 12.3. The molecule has 4 heterocycles. The topological polar surface area (TPSA) is 45.6 Å². The monoisotopic (exact) mass is 411 g/mol. The number of piperidine rings is 3. The Labute approximate surface area is 180 Å². The number of rotatable bonds is 3. The number of hydrogen-bond acceptors (Lipinski definition) is 3. The van der Waals surface area contributed by atoms with Gasteiger partial charge in [0, 0.05) is 38.4 Å². The van der Waals surface area contributed by atoms with E-state index in [0.717, 1.165) is 19.0 Å². The molecule has 1 aromatic heterocycles. The van der Waals surface area contributed by atoms with Crippen molar-refractivity contribution in [3.05, 3.63) is 34.2 Å². The van der Waals surface area contributed by atoms with E-state index in [0.29, 0.717) is 29.5 Å². The fourth-order valence-corrected chi connectivity index (χ4v) is 7.09.